The Labute approximate surface area is 187 Å². The molecule has 0 saturated carbocycles. The molecule has 3 rings (SSSR count). The van der Waals surface area contributed by atoms with Crippen LogP contribution in [0.3, 0.4) is 0 Å². The molecule has 2 heterocycles. The van der Waals surface area contributed by atoms with Gasteiger partial charge in [-0.3, -0.25) is 4.99 Å². The number of nitrogen functional groups attached to an aromatic ring is 1. The van der Waals surface area contributed by atoms with Gasteiger partial charge < -0.3 is 25.6 Å². The third kappa shape index (κ3) is 5.43. The Kier molecular flexibility index (Phi) is 7.45. The van der Waals surface area contributed by atoms with E-state index < -0.39 is 6.09 Å². The molecule has 172 valence electrons. The van der Waals surface area contributed by atoms with E-state index in [1.54, 1.807) is 24.2 Å². The number of rotatable bonds is 8. The highest BCUT2D eigenvalue weighted by Gasteiger charge is 2.20. The maximum atomic E-state index is 14.2. The molecule has 0 atom stereocenters. The summed E-state index contributed by atoms with van der Waals surface area (Å²) in [5.41, 5.74) is 8.80. The fraction of sp³-hybridized carbons (Fsp3) is 0.455. The molecule has 0 bridgehead atoms. The number of aromatic nitrogens is 2. The molecule has 1 aliphatic rings. The van der Waals surface area contributed by atoms with E-state index in [2.05, 4.69) is 20.3 Å². The summed E-state index contributed by atoms with van der Waals surface area (Å²) in [6.45, 7) is 5.02. The normalized spacial score (nSPS) is 12.5. The summed E-state index contributed by atoms with van der Waals surface area (Å²) in [4.78, 5) is 28.9. The topological polar surface area (TPSA) is 109 Å². The highest BCUT2D eigenvalue weighted by atomic mass is 19.1. The number of nitrogens with two attached hydrogens (primary N) is 1. The number of aliphatic imine (C=N–C) groups is 1. The van der Waals surface area contributed by atoms with Crippen molar-refractivity contribution in [2.45, 2.75) is 39.8 Å². The molecule has 2 aromatic rings. The second-order valence-corrected chi connectivity index (χ2v) is 7.93. The Morgan fingerprint density at radius 2 is 2.06 bits per heavy atom. The third-order valence-electron chi connectivity index (χ3n) is 5.33. The van der Waals surface area contributed by atoms with Crippen molar-refractivity contribution in [3.8, 4) is 0 Å². The van der Waals surface area contributed by atoms with Crippen molar-refractivity contribution < 1.29 is 13.9 Å². The zero-order valence-corrected chi connectivity index (χ0v) is 19.0. The zero-order chi connectivity index (χ0) is 23.3. The Balaban J connectivity index is 1.43. The standard InChI is InChI=1S/C22H30FN7O2/c1-14-7-8-16(18(23)15(14)2)11-26-22(31)32-10-6-5-9-30-13-25-12-17-19(24)27-21(29(3)4)28-20(17)30/h7-8,13H,5-6,9-12H2,1-4H3,(H,26,31)(H2,24,27,28). The number of nitrogens with one attached hydrogen (secondary N) is 1. The van der Waals surface area contributed by atoms with Crippen LogP contribution in [0.1, 0.15) is 35.1 Å². The third-order valence-corrected chi connectivity index (χ3v) is 5.33. The number of benzene rings is 1. The van der Waals surface area contributed by atoms with Crippen molar-refractivity contribution in [3.05, 3.63) is 40.2 Å². The lowest BCUT2D eigenvalue weighted by Gasteiger charge is -2.26. The van der Waals surface area contributed by atoms with Gasteiger partial charge in [0.1, 0.15) is 17.5 Å². The molecule has 32 heavy (non-hydrogen) atoms. The van der Waals surface area contributed by atoms with E-state index >= 15 is 0 Å². The van der Waals surface area contributed by atoms with E-state index in [9.17, 15) is 9.18 Å². The average Bonchev–Trinajstić information content (AvgIpc) is 2.77. The number of nitrogens with zero attached hydrogens (tertiary/aromatic N) is 5. The van der Waals surface area contributed by atoms with Gasteiger partial charge >= 0.3 is 6.09 Å². The predicted octanol–water partition coefficient (Wildman–Crippen LogP) is 2.94. The highest BCUT2D eigenvalue weighted by Crippen LogP contribution is 2.28. The Hall–Kier alpha value is -3.43. The van der Waals surface area contributed by atoms with Crippen LogP contribution in [-0.4, -0.2) is 49.6 Å². The quantitative estimate of drug-likeness (QED) is 0.604. The number of ether oxygens (including phenoxy) is 1. The number of aryl methyl sites for hydroxylation is 1. The fourth-order valence-corrected chi connectivity index (χ4v) is 3.26. The molecule has 0 spiro atoms. The van der Waals surface area contributed by atoms with Gasteiger partial charge in [0.25, 0.3) is 0 Å². The number of carbonyl (C=O) groups excluding carboxylic acids is 1. The number of alkyl carbamates (subject to hydrolysis) is 1. The summed E-state index contributed by atoms with van der Waals surface area (Å²) in [6, 6.07) is 3.51. The first-order valence-corrected chi connectivity index (χ1v) is 10.5. The lowest BCUT2D eigenvalue weighted by Crippen LogP contribution is -2.30. The van der Waals surface area contributed by atoms with Crippen LogP contribution >= 0.6 is 0 Å². The SMILES string of the molecule is Cc1ccc(CNC(=O)OCCCCN2C=NCc3c(N)nc(N(C)C)nc32)c(F)c1C. The van der Waals surface area contributed by atoms with Gasteiger partial charge in [-0.25, -0.2) is 9.18 Å². The number of anilines is 3. The maximum Gasteiger partial charge on any atom is 0.407 e. The van der Waals surface area contributed by atoms with Crippen LogP contribution < -0.4 is 20.9 Å². The largest absolute Gasteiger partial charge is 0.450 e. The van der Waals surface area contributed by atoms with Gasteiger partial charge in [-0.15, -0.1) is 0 Å². The van der Waals surface area contributed by atoms with E-state index in [1.807, 2.05) is 32.0 Å². The van der Waals surface area contributed by atoms with Crippen LogP contribution in [0.4, 0.5) is 26.8 Å². The number of amides is 1. The van der Waals surface area contributed by atoms with Gasteiger partial charge in [0, 0.05) is 32.7 Å². The fourth-order valence-electron chi connectivity index (χ4n) is 3.26. The van der Waals surface area contributed by atoms with Gasteiger partial charge in [0.05, 0.1) is 25.1 Å². The van der Waals surface area contributed by atoms with Gasteiger partial charge in [-0.1, -0.05) is 12.1 Å². The summed E-state index contributed by atoms with van der Waals surface area (Å²) in [5.74, 6) is 1.43. The van der Waals surface area contributed by atoms with Crippen molar-refractivity contribution in [2.24, 2.45) is 4.99 Å². The number of fused-ring (bicyclic) bond motifs is 1. The van der Waals surface area contributed by atoms with Crippen molar-refractivity contribution in [2.75, 3.05) is 42.8 Å². The average molecular weight is 444 g/mol. The molecule has 9 nitrogen and oxygen atoms in total. The van der Waals surface area contributed by atoms with Crippen LogP contribution in [0.2, 0.25) is 0 Å². The Bertz CT molecular complexity index is 1010. The van der Waals surface area contributed by atoms with Crippen LogP contribution in [0, 0.1) is 19.7 Å². The first-order chi connectivity index (χ1) is 15.3. The Morgan fingerprint density at radius 1 is 1.28 bits per heavy atom. The molecule has 0 radical (unpaired) electrons. The summed E-state index contributed by atoms with van der Waals surface area (Å²) in [7, 11) is 3.72. The van der Waals surface area contributed by atoms with E-state index in [1.165, 1.54) is 0 Å². The molecule has 0 unspecified atom stereocenters. The summed E-state index contributed by atoms with van der Waals surface area (Å²) in [6.07, 6.45) is 2.60. The van der Waals surface area contributed by atoms with Crippen molar-refractivity contribution in [3.63, 3.8) is 0 Å². The maximum absolute atomic E-state index is 14.2. The number of hydrogen-bond donors (Lipinski definition) is 2. The minimum Gasteiger partial charge on any atom is -0.450 e. The van der Waals surface area contributed by atoms with Crippen molar-refractivity contribution in [1.29, 1.82) is 0 Å². The molecule has 1 amide bonds. The minimum atomic E-state index is -0.566. The summed E-state index contributed by atoms with van der Waals surface area (Å²) >= 11 is 0. The monoisotopic (exact) mass is 443 g/mol. The molecule has 0 aliphatic carbocycles. The molecule has 0 saturated heterocycles. The molecule has 10 heteroatoms. The van der Waals surface area contributed by atoms with E-state index in [4.69, 9.17) is 10.5 Å². The van der Waals surface area contributed by atoms with E-state index in [0.29, 0.717) is 42.4 Å². The van der Waals surface area contributed by atoms with Crippen molar-refractivity contribution in [1.82, 2.24) is 15.3 Å². The number of halogens is 1. The number of unbranched alkanes of at least 4 members (excludes halogenated alkanes) is 1. The molecule has 1 aromatic heterocycles. The van der Waals surface area contributed by atoms with Gasteiger partial charge in [-0.2, -0.15) is 9.97 Å². The molecule has 1 aliphatic heterocycles. The zero-order valence-electron chi connectivity index (χ0n) is 19.0. The number of hydrogen-bond acceptors (Lipinski definition) is 8. The van der Waals surface area contributed by atoms with Gasteiger partial charge in [0.2, 0.25) is 5.95 Å². The van der Waals surface area contributed by atoms with Gasteiger partial charge in [0.15, 0.2) is 0 Å². The van der Waals surface area contributed by atoms with Crippen LogP contribution in [0.5, 0.6) is 0 Å². The smallest absolute Gasteiger partial charge is 0.407 e. The lowest BCUT2D eigenvalue weighted by molar-refractivity contribution is 0.143. The number of carbonyl (C=O) groups is 1. The Morgan fingerprint density at radius 3 is 2.81 bits per heavy atom. The second-order valence-electron chi connectivity index (χ2n) is 7.93. The van der Waals surface area contributed by atoms with Crippen LogP contribution in [-0.2, 0) is 17.8 Å². The van der Waals surface area contributed by atoms with Gasteiger partial charge in [-0.05, 0) is 37.8 Å². The summed E-state index contributed by atoms with van der Waals surface area (Å²) in [5, 5.41) is 2.59. The molecule has 0 fully saturated rings. The van der Waals surface area contributed by atoms with E-state index in [0.717, 1.165) is 23.4 Å². The first-order valence-electron chi connectivity index (χ1n) is 10.5. The van der Waals surface area contributed by atoms with E-state index in [-0.39, 0.29) is 19.0 Å². The molecular weight excluding hydrogens is 413 g/mol. The van der Waals surface area contributed by atoms with Crippen molar-refractivity contribution >= 4 is 30.0 Å². The first kappa shape index (κ1) is 23.2. The summed E-state index contributed by atoms with van der Waals surface area (Å²) < 4.78 is 19.4. The minimum absolute atomic E-state index is 0.0855. The van der Waals surface area contributed by atoms with Crippen LogP contribution in [0.25, 0.3) is 0 Å². The lowest BCUT2D eigenvalue weighted by atomic mass is 10.1. The van der Waals surface area contributed by atoms with Crippen LogP contribution in [0.15, 0.2) is 17.1 Å². The molecule has 3 N–H and O–H groups in total. The molecular formula is C22H30FN7O2. The predicted molar refractivity (Wildman–Crippen MR) is 124 cm³/mol. The second kappa shape index (κ2) is 10.3. The molecule has 1 aromatic carbocycles. The highest BCUT2D eigenvalue weighted by molar-refractivity contribution is 5.83.